The molecule has 0 spiro atoms. The lowest BCUT2D eigenvalue weighted by Gasteiger charge is -2.35. The highest BCUT2D eigenvalue weighted by Crippen LogP contribution is 2.25. The number of ether oxygens (including phenoxy) is 2. The molecular formula is C22H44IN5O3. The Morgan fingerprint density at radius 2 is 1.90 bits per heavy atom. The zero-order valence-electron chi connectivity index (χ0n) is 19.9. The highest BCUT2D eigenvalue weighted by Gasteiger charge is 2.28. The lowest BCUT2D eigenvalue weighted by Crippen LogP contribution is -2.49. The van der Waals surface area contributed by atoms with Gasteiger partial charge in [0.25, 0.3) is 0 Å². The maximum Gasteiger partial charge on any atom is 0.243 e. The summed E-state index contributed by atoms with van der Waals surface area (Å²) in [5, 5.41) is 7.02. The fourth-order valence-corrected chi connectivity index (χ4v) is 4.07. The molecule has 0 aliphatic carbocycles. The molecule has 2 N–H and O–H groups in total. The van der Waals surface area contributed by atoms with Gasteiger partial charge in [-0.3, -0.25) is 9.69 Å². The minimum atomic E-state index is 0. The van der Waals surface area contributed by atoms with Gasteiger partial charge < -0.3 is 25.0 Å². The number of amides is 1. The number of carbonyl (C=O) groups excluding carboxylic acids is 1. The van der Waals surface area contributed by atoms with Crippen molar-refractivity contribution in [3.8, 4) is 0 Å². The predicted molar refractivity (Wildman–Crippen MR) is 136 cm³/mol. The van der Waals surface area contributed by atoms with Gasteiger partial charge in [-0.15, -0.1) is 24.0 Å². The van der Waals surface area contributed by atoms with Crippen LogP contribution in [0.1, 0.15) is 46.0 Å². The molecule has 0 radical (unpaired) electrons. The zero-order valence-corrected chi connectivity index (χ0v) is 22.2. The van der Waals surface area contributed by atoms with Crippen LogP contribution in [0.2, 0.25) is 0 Å². The van der Waals surface area contributed by atoms with Crippen molar-refractivity contribution in [1.29, 1.82) is 0 Å². The fourth-order valence-electron chi connectivity index (χ4n) is 4.07. The molecule has 182 valence electrons. The third-order valence-corrected chi connectivity index (χ3v) is 6.15. The summed E-state index contributed by atoms with van der Waals surface area (Å²) in [4.78, 5) is 20.6. The lowest BCUT2D eigenvalue weighted by molar-refractivity contribution is -0.127. The van der Waals surface area contributed by atoms with E-state index in [9.17, 15) is 4.79 Å². The molecule has 2 atom stereocenters. The molecule has 0 bridgehead atoms. The van der Waals surface area contributed by atoms with Crippen LogP contribution in [-0.2, 0) is 14.3 Å². The maximum absolute atomic E-state index is 12.0. The predicted octanol–water partition coefficient (Wildman–Crippen LogP) is 1.93. The van der Waals surface area contributed by atoms with Crippen molar-refractivity contribution in [1.82, 2.24) is 20.4 Å². The Bertz CT molecular complexity index is 525. The summed E-state index contributed by atoms with van der Waals surface area (Å²) < 4.78 is 11.5. The van der Waals surface area contributed by atoms with E-state index in [0.29, 0.717) is 18.1 Å². The average molecular weight is 554 g/mol. The summed E-state index contributed by atoms with van der Waals surface area (Å²) in [5.74, 6) is 1.35. The molecule has 2 unspecified atom stereocenters. The van der Waals surface area contributed by atoms with Crippen molar-refractivity contribution in [2.45, 2.75) is 58.1 Å². The smallest absolute Gasteiger partial charge is 0.243 e. The van der Waals surface area contributed by atoms with Crippen LogP contribution in [0.3, 0.4) is 0 Å². The summed E-state index contributed by atoms with van der Waals surface area (Å²) in [7, 11) is 3.53. The molecule has 0 saturated carbocycles. The quantitative estimate of drug-likeness (QED) is 0.186. The Balaban J connectivity index is 0.00000480. The molecule has 2 rings (SSSR count). The number of halogens is 1. The minimum Gasteiger partial charge on any atom is -0.379 e. The number of nitrogens with zero attached hydrogens (tertiary/aromatic N) is 3. The van der Waals surface area contributed by atoms with E-state index in [0.717, 1.165) is 84.1 Å². The average Bonchev–Trinajstić information content (AvgIpc) is 2.76. The summed E-state index contributed by atoms with van der Waals surface area (Å²) in [6, 6.07) is 0.323. The molecule has 2 fully saturated rings. The van der Waals surface area contributed by atoms with Gasteiger partial charge in [0.1, 0.15) is 6.54 Å². The number of morpholine rings is 1. The van der Waals surface area contributed by atoms with E-state index < -0.39 is 0 Å². The van der Waals surface area contributed by atoms with Crippen LogP contribution in [0.5, 0.6) is 0 Å². The standard InChI is InChI=1S/C22H43N5O3.HI/c1-5-18(6-2)20-16-19(8-13-30-20)25-22(24-17-21(28)26(3)4)23-9-7-10-27-11-14-29-15-12-27;/h18-20H,5-17H2,1-4H3,(H2,23,24,25);1H. The monoisotopic (exact) mass is 553 g/mol. The Kier molecular flexibility index (Phi) is 14.7. The van der Waals surface area contributed by atoms with Crippen LogP contribution >= 0.6 is 24.0 Å². The molecule has 2 aliphatic rings. The van der Waals surface area contributed by atoms with E-state index >= 15 is 0 Å². The molecule has 0 aromatic heterocycles. The number of carbonyl (C=O) groups is 1. The van der Waals surface area contributed by atoms with Gasteiger partial charge in [-0.25, -0.2) is 4.99 Å². The first-order valence-electron chi connectivity index (χ1n) is 11.7. The first-order chi connectivity index (χ1) is 14.5. The molecule has 2 heterocycles. The van der Waals surface area contributed by atoms with Crippen molar-refractivity contribution in [2.75, 3.05) is 66.6 Å². The van der Waals surface area contributed by atoms with Crippen LogP contribution in [0.15, 0.2) is 4.99 Å². The van der Waals surface area contributed by atoms with Gasteiger partial charge in [-0.1, -0.05) is 26.7 Å². The molecule has 0 aromatic rings. The molecule has 2 saturated heterocycles. The van der Waals surface area contributed by atoms with Gasteiger partial charge in [-0.05, 0) is 31.7 Å². The largest absolute Gasteiger partial charge is 0.379 e. The molecular weight excluding hydrogens is 509 g/mol. The Morgan fingerprint density at radius 3 is 2.55 bits per heavy atom. The number of likely N-dealkylation sites (N-methyl/N-ethyl adjacent to an activating group) is 1. The second-order valence-electron chi connectivity index (χ2n) is 8.54. The van der Waals surface area contributed by atoms with Crippen molar-refractivity contribution >= 4 is 35.8 Å². The van der Waals surface area contributed by atoms with Crippen molar-refractivity contribution in [3.05, 3.63) is 0 Å². The first kappa shape index (κ1) is 28.4. The van der Waals surface area contributed by atoms with Crippen LogP contribution in [0.25, 0.3) is 0 Å². The van der Waals surface area contributed by atoms with E-state index in [4.69, 9.17) is 9.47 Å². The third kappa shape index (κ3) is 10.7. The van der Waals surface area contributed by atoms with Crippen molar-refractivity contribution in [3.63, 3.8) is 0 Å². The topological polar surface area (TPSA) is 78.4 Å². The van der Waals surface area contributed by atoms with Gasteiger partial charge in [0.05, 0.1) is 19.3 Å². The number of aliphatic imine (C=N–C) groups is 1. The molecule has 8 nitrogen and oxygen atoms in total. The lowest BCUT2D eigenvalue weighted by atomic mass is 9.89. The van der Waals surface area contributed by atoms with Crippen LogP contribution < -0.4 is 10.6 Å². The van der Waals surface area contributed by atoms with Crippen LogP contribution in [0.4, 0.5) is 0 Å². The Labute approximate surface area is 205 Å². The van der Waals surface area contributed by atoms with E-state index in [1.165, 1.54) is 0 Å². The first-order valence-corrected chi connectivity index (χ1v) is 11.7. The van der Waals surface area contributed by atoms with Crippen molar-refractivity contribution in [2.24, 2.45) is 10.9 Å². The Morgan fingerprint density at radius 1 is 1.19 bits per heavy atom. The molecule has 2 aliphatic heterocycles. The number of rotatable bonds is 10. The van der Waals surface area contributed by atoms with E-state index in [-0.39, 0.29) is 36.4 Å². The highest BCUT2D eigenvalue weighted by molar-refractivity contribution is 14.0. The summed E-state index contributed by atoms with van der Waals surface area (Å²) in [5.41, 5.74) is 0. The van der Waals surface area contributed by atoms with E-state index in [1.54, 1.807) is 19.0 Å². The summed E-state index contributed by atoms with van der Waals surface area (Å²) in [6.07, 6.45) is 5.58. The number of hydrogen-bond acceptors (Lipinski definition) is 5. The van der Waals surface area contributed by atoms with E-state index in [2.05, 4.69) is 34.4 Å². The number of guanidine groups is 1. The second-order valence-corrected chi connectivity index (χ2v) is 8.54. The van der Waals surface area contributed by atoms with E-state index in [1.807, 2.05) is 0 Å². The zero-order chi connectivity index (χ0) is 21.8. The van der Waals surface area contributed by atoms with Crippen molar-refractivity contribution < 1.29 is 14.3 Å². The number of nitrogens with one attached hydrogen (secondary N) is 2. The Hall–Kier alpha value is -0.650. The second kappa shape index (κ2) is 16.0. The van der Waals surface area contributed by atoms with Gasteiger partial charge in [0, 0.05) is 46.4 Å². The molecule has 0 aromatic carbocycles. The minimum absolute atomic E-state index is 0. The maximum atomic E-state index is 12.0. The molecule has 31 heavy (non-hydrogen) atoms. The number of hydrogen-bond donors (Lipinski definition) is 2. The van der Waals surface area contributed by atoms with Gasteiger partial charge in [0.15, 0.2) is 5.96 Å². The summed E-state index contributed by atoms with van der Waals surface area (Å²) in [6.45, 7) is 11.0. The van der Waals surface area contributed by atoms with Crippen LogP contribution in [0, 0.1) is 5.92 Å². The third-order valence-electron chi connectivity index (χ3n) is 6.15. The molecule has 1 amide bonds. The fraction of sp³-hybridized carbons (Fsp3) is 0.909. The highest BCUT2D eigenvalue weighted by atomic mass is 127. The normalized spacial score (nSPS) is 22.7. The van der Waals surface area contributed by atoms with Gasteiger partial charge >= 0.3 is 0 Å². The molecule has 9 heteroatoms. The van der Waals surface area contributed by atoms with Gasteiger partial charge in [0.2, 0.25) is 5.91 Å². The van der Waals surface area contributed by atoms with Gasteiger partial charge in [-0.2, -0.15) is 0 Å². The van der Waals surface area contributed by atoms with Crippen LogP contribution in [-0.4, -0.2) is 100 Å². The SMILES string of the molecule is CCC(CC)C1CC(NC(=NCC(=O)N(C)C)NCCCN2CCOCC2)CCO1.I. The summed E-state index contributed by atoms with van der Waals surface area (Å²) >= 11 is 0.